The maximum Gasteiger partial charge on any atom is 0.238 e. The molecule has 0 radical (unpaired) electrons. The summed E-state index contributed by atoms with van der Waals surface area (Å²) in [6.07, 6.45) is 0. The van der Waals surface area contributed by atoms with Gasteiger partial charge in [0.1, 0.15) is 5.75 Å². The number of ether oxygens (including phenoxy) is 1. The van der Waals surface area contributed by atoms with Crippen LogP contribution in [-0.4, -0.2) is 19.1 Å². The molecule has 0 saturated carbocycles. The van der Waals surface area contributed by atoms with Gasteiger partial charge in [-0.25, -0.2) is 0 Å². The molecule has 0 atom stereocenters. The maximum absolute atomic E-state index is 11.1. The minimum Gasteiger partial charge on any atom is -0.492 e. The van der Waals surface area contributed by atoms with Crippen LogP contribution >= 0.6 is 11.6 Å². The number of anilines is 1. The number of nitrogens with one attached hydrogen (secondary N) is 1. The quantitative estimate of drug-likeness (QED) is 0.824. The van der Waals surface area contributed by atoms with E-state index < -0.39 is 0 Å². The SMILES string of the molecule is CCOc1ccc(Cl)cc1NC(=O)CN. The molecule has 15 heavy (non-hydrogen) atoms. The van der Waals surface area contributed by atoms with Gasteiger partial charge in [0, 0.05) is 5.02 Å². The molecule has 0 fully saturated rings. The van der Waals surface area contributed by atoms with Crippen molar-refractivity contribution >= 4 is 23.2 Å². The Labute approximate surface area is 93.4 Å². The molecule has 0 aromatic heterocycles. The van der Waals surface area contributed by atoms with Crippen molar-refractivity contribution in [3.8, 4) is 5.75 Å². The van der Waals surface area contributed by atoms with E-state index in [0.717, 1.165) is 0 Å². The fourth-order valence-electron chi connectivity index (χ4n) is 1.08. The first kappa shape index (κ1) is 11.8. The van der Waals surface area contributed by atoms with E-state index in [1.165, 1.54) is 0 Å². The van der Waals surface area contributed by atoms with Gasteiger partial charge in [-0.1, -0.05) is 11.6 Å². The van der Waals surface area contributed by atoms with Crippen molar-refractivity contribution in [2.75, 3.05) is 18.5 Å². The first-order valence-electron chi connectivity index (χ1n) is 4.59. The molecule has 0 aliphatic rings. The minimum atomic E-state index is -0.279. The molecule has 0 saturated heterocycles. The zero-order chi connectivity index (χ0) is 11.3. The van der Waals surface area contributed by atoms with Crippen LogP contribution in [0, 0.1) is 0 Å². The fourth-order valence-corrected chi connectivity index (χ4v) is 1.25. The lowest BCUT2D eigenvalue weighted by Crippen LogP contribution is -2.22. The second kappa shape index (κ2) is 5.58. The van der Waals surface area contributed by atoms with E-state index in [1.807, 2.05) is 6.92 Å². The van der Waals surface area contributed by atoms with Gasteiger partial charge in [-0.3, -0.25) is 4.79 Å². The standard InChI is InChI=1S/C10H13ClN2O2/c1-2-15-9-4-3-7(11)5-8(9)13-10(14)6-12/h3-5H,2,6,12H2,1H3,(H,13,14). The number of benzene rings is 1. The minimum absolute atomic E-state index is 0.0714. The van der Waals surface area contributed by atoms with E-state index in [4.69, 9.17) is 22.1 Å². The number of carbonyl (C=O) groups excluding carboxylic acids is 1. The molecule has 0 heterocycles. The molecule has 0 aliphatic heterocycles. The van der Waals surface area contributed by atoms with Gasteiger partial charge >= 0.3 is 0 Å². The van der Waals surface area contributed by atoms with E-state index in [9.17, 15) is 4.79 Å². The monoisotopic (exact) mass is 228 g/mol. The van der Waals surface area contributed by atoms with Gasteiger partial charge in [0.05, 0.1) is 18.8 Å². The normalized spacial score (nSPS) is 9.80. The number of carbonyl (C=O) groups is 1. The average Bonchev–Trinajstić information content (AvgIpc) is 2.22. The Morgan fingerprint density at radius 1 is 1.60 bits per heavy atom. The van der Waals surface area contributed by atoms with Crippen molar-refractivity contribution < 1.29 is 9.53 Å². The lowest BCUT2D eigenvalue weighted by atomic mass is 10.3. The highest BCUT2D eigenvalue weighted by atomic mass is 35.5. The third kappa shape index (κ3) is 3.42. The highest BCUT2D eigenvalue weighted by Gasteiger charge is 2.06. The van der Waals surface area contributed by atoms with E-state index in [0.29, 0.717) is 23.1 Å². The van der Waals surface area contributed by atoms with Crippen LogP contribution in [0.1, 0.15) is 6.92 Å². The van der Waals surface area contributed by atoms with Gasteiger partial charge in [-0.2, -0.15) is 0 Å². The Morgan fingerprint density at radius 2 is 2.33 bits per heavy atom. The second-order valence-electron chi connectivity index (χ2n) is 2.83. The number of amides is 1. The van der Waals surface area contributed by atoms with Crippen molar-refractivity contribution in [1.82, 2.24) is 0 Å². The van der Waals surface area contributed by atoms with Crippen molar-refractivity contribution in [3.63, 3.8) is 0 Å². The van der Waals surface area contributed by atoms with Crippen LogP contribution in [0.3, 0.4) is 0 Å². The van der Waals surface area contributed by atoms with Crippen molar-refractivity contribution in [2.24, 2.45) is 5.73 Å². The molecule has 0 spiro atoms. The van der Waals surface area contributed by atoms with E-state index in [2.05, 4.69) is 5.32 Å². The van der Waals surface area contributed by atoms with Crippen LogP contribution in [0.4, 0.5) is 5.69 Å². The maximum atomic E-state index is 11.1. The van der Waals surface area contributed by atoms with Gasteiger partial charge in [-0.05, 0) is 25.1 Å². The van der Waals surface area contributed by atoms with Gasteiger partial charge < -0.3 is 15.8 Å². The Balaban J connectivity index is 2.91. The van der Waals surface area contributed by atoms with Gasteiger partial charge in [-0.15, -0.1) is 0 Å². The highest BCUT2D eigenvalue weighted by molar-refractivity contribution is 6.31. The Hall–Kier alpha value is -1.26. The molecule has 0 bridgehead atoms. The summed E-state index contributed by atoms with van der Waals surface area (Å²) in [7, 11) is 0. The molecule has 82 valence electrons. The summed E-state index contributed by atoms with van der Waals surface area (Å²) in [4.78, 5) is 11.1. The van der Waals surface area contributed by atoms with Gasteiger partial charge in [0.25, 0.3) is 0 Å². The highest BCUT2D eigenvalue weighted by Crippen LogP contribution is 2.27. The molecule has 5 heteroatoms. The summed E-state index contributed by atoms with van der Waals surface area (Å²) in [5, 5.41) is 3.15. The fraction of sp³-hybridized carbons (Fsp3) is 0.300. The van der Waals surface area contributed by atoms with Crippen LogP contribution in [0.5, 0.6) is 5.75 Å². The van der Waals surface area contributed by atoms with Gasteiger partial charge in [0.2, 0.25) is 5.91 Å². The molecule has 1 amide bonds. The molecule has 4 nitrogen and oxygen atoms in total. The first-order valence-corrected chi connectivity index (χ1v) is 4.97. The van der Waals surface area contributed by atoms with Crippen molar-refractivity contribution in [3.05, 3.63) is 23.2 Å². The predicted octanol–water partition coefficient (Wildman–Crippen LogP) is 1.64. The van der Waals surface area contributed by atoms with E-state index >= 15 is 0 Å². The summed E-state index contributed by atoms with van der Waals surface area (Å²) in [6.45, 7) is 2.31. The van der Waals surface area contributed by atoms with Crippen molar-refractivity contribution in [1.29, 1.82) is 0 Å². The van der Waals surface area contributed by atoms with Crippen LogP contribution < -0.4 is 15.8 Å². The second-order valence-corrected chi connectivity index (χ2v) is 3.26. The molecule has 1 aromatic carbocycles. The summed E-state index contributed by atoms with van der Waals surface area (Å²) >= 11 is 5.81. The smallest absolute Gasteiger partial charge is 0.238 e. The molecular weight excluding hydrogens is 216 g/mol. The zero-order valence-corrected chi connectivity index (χ0v) is 9.17. The Bertz CT molecular complexity index is 355. The number of hydrogen-bond donors (Lipinski definition) is 2. The van der Waals surface area contributed by atoms with E-state index in [1.54, 1.807) is 18.2 Å². The summed E-state index contributed by atoms with van der Waals surface area (Å²) < 4.78 is 5.32. The average molecular weight is 229 g/mol. The molecule has 0 aliphatic carbocycles. The predicted molar refractivity (Wildman–Crippen MR) is 60.3 cm³/mol. The first-order chi connectivity index (χ1) is 7.17. The molecule has 1 rings (SSSR count). The number of nitrogens with two attached hydrogens (primary N) is 1. The molecule has 3 N–H and O–H groups in total. The van der Waals surface area contributed by atoms with Crippen LogP contribution in [-0.2, 0) is 4.79 Å². The molecular formula is C10H13ClN2O2. The summed E-state index contributed by atoms with van der Waals surface area (Å²) in [5.41, 5.74) is 5.74. The van der Waals surface area contributed by atoms with Crippen LogP contribution in [0.15, 0.2) is 18.2 Å². The number of halogens is 1. The van der Waals surface area contributed by atoms with Crippen LogP contribution in [0.2, 0.25) is 5.02 Å². The third-order valence-electron chi connectivity index (χ3n) is 1.70. The largest absolute Gasteiger partial charge is 0.492 e. The lowest BCUT2D eigenvalue weighted by Gasteiger charge is -2.11. The zero-order valence-electron chi connectivity index (χ0n) is 8.42. The molecule has 0 unspecified atom stereocenters. The Morgan fingerprint density at radius 3 is 2.93 bits per heavy atom. The number of rotatable bonds is 4. The third-order valence-corrected chi connectivity index (χ3v) is 1.94. The Kier molecular flexibility index (Phi) is 4.39. The summed E-state index contributed by atoms with van der Waals surface area (Å²) in [6, 6.07) is 5.03. The topological polar surface area (TPSA) is 64.3 Å². The van der Waals surface area contributed by atoms with Crippen molar-refractivity contribution in [2.45, 2.75) is 6.92 Å². The summed E-state index contributed by atoms with van der Waals surface area (Å²) in [5.74, 6) is 0.307. The van der Waals surface area contributed by atoms with Crippen LogP contribution in [0.25, 0.3) is 0 Å². The number of hydrogen-bond acceptors (Lipinski definition) is 3. The van der Waals surface area contributed by atoms with Gasteiger partial charge in [0.15, 0.2) is 0 Å². The van der Waals surface area contributed by atoms with E-state index in [-0.39, 0.29) is 12.5 Å². The molecule has 1 aromatic rings. The lowest BCUT2D eigenvalue weighted by molar-refractivity contribution is -0.114.